The summed E-state index contributed by atoms with van der Waals surface area (Å²) in [4.78, 5) is 12.3. The van der Waals surface area contributed by atoms with E-state index in [0.29, 0.717) is 5.69 Å². The number of benzene rings is 1. The van der Waals surface area contributed by atoms with Crippen molar-refractivity contribution in [1.82, 2.24) is 5.32 Å². The van der Waals surface area contributed by atoms with Gasteiger partial charge < -0.3 is 15.7 Å². The van der Waals surface area contributed by atoms with E-state index >= 15 is 0 Å². The molecule has 1 unspecified atom stereocenters. The molecule has 21 heavy (non-hydrogen) atoms. The largest absolute Gasteiger partial charge is 0.505 e. The fraction of sp³-hybridized carbons (Fsp3) is 0.500. The van der Waals surface area contributed by atoms with Crippen molar-refractivity contribution >= 4 is 47.2 Å². The molecule has 116 valence electrons. The van der Waals surface area contributed by atoms with Crippen LogP contribution in [0.25, 0.3) is 0 Å². The van der Waals surface area contributed by atoms with Gasteiger partial charge in [0.05, 0.1) is 10.0 Å². The third-order valence-corrected chi connectivity index (χ3v) is 4.97. The van der Waals surface area contributed by atoms with E-state index in [0.717, 1.165) is 32.4 Å². The highest BCUT2D eigenvalue weighted by Crippen LogP contribution is 2.58. The molecular formula is C14H17Cl3N2O2. The van der Waals surface area contributed by atoms with Gasteiger partial charge in [-0.15, -0.1) is 12.4 Å². The summed E-state index contributed by atoms with van der Waals surface area (Å²) in [5.74, 6) is -0.0618. The zero-order valence-corrected chi connectivity index (χ0v) is 13.6. The summed E-state index contributed by atoms with van der Waals surface area (Å²) in [6.45, 7) is 1.97. The molecule has 3 N–H and O–H groups in total. The number of rotatable bonds is 2. The molecule has 4 nitrogen and oxygen atoms in total. The van der Waals surface area contributed by atoms with Crippen LogP contribution in [0.5, 0.6) is 5.75 Å². The predicted octanol–water partition coefficient (Wildman–Crippen LogP) is 3.45. The van der Waals surface area contributed by atoms with Crippen LogP contribution in [0.15, 0.2) is 12.1 Å². The van der Waals surface area contributed by atoms with Crippen molar-refractivity contribution in [2.45, 2.75) is 19.3 Å². The lowest BCUT2D eigenvalue weighted by atomic mass is 9.92. The molecule has 1 saturated heterocycles. The van der Waals surface area contributed by atoms with Crippen molar-refractivity contribution in [3.63, 3.8) is 0 Å². The van der Waals surface area contributed by atoms with Gasteiger partial charge in [0.2, 0.25) is 5.91 Å². The fourth-order valence-corrected chi connectivity index (χ4v) is 3.55. The summed E-state index contributed by atoms with van der Waals surface area (Å²) in [6, 6.07) is 3.02. The lowest BCUT2D eigenvalue weighted by molar-refractivity contribution is -0.118. The molecule has 0 bridgehead atoms. The molecule has 3 rings (SSSR count). The Morgan fingerprint density at radius 1 is 1.29 bits per heavy atom. The van der Waals surface area contributed by atoms with Crippen LogP contribution >= 0.6 is 35.6 Å². The molecule has 1 spiro atoms. The van der Waals surface area contributed by atoms with Gasteiger partial charge in [0, 0.05) is 11.6 Å². The van der Waals surface area contributed by atoms with Crippen LogP contribution < -0.4 is 10.6 Å². The number of anilines is 1. The summed E-state index contributed by atoms with van der Waals surface area (Å²) >= 11 is 11.7. The zero-order chi connectivity index (χ0) is 14.3. The molecule has 7 heteroatoms. The van der Waals surface area contributed by atoms with Crippen LogP contribution in [0.4, 0.5) is 5.69 Å². The van der Waals surface area contributed by atoms with Gasteiger partial charge in [-0.3, -0.25) is 4.79 Å². The van der Waals surface area contributed by atoms with Crippen molar-refractivity contribution in [3.8, 4) is 5.75 Å². The number of nitrogens with one attached hydrogen (secondary N) is 2. The van der Waals surface area contributed by atoms with Crippen LogP contribution in [-0.2, 0) is 4.79 Å². The second-order valence-electron chi connectivity index (χ2n) is 5.65. The SMILES string of the molecule is Cl.O=C(Nc1cc(Cl)c(O)c(Cl)c1)C1CC12CCNCC2. The second-order valence-corrected chi connectivity index (χ2v) is 6.46. The highest BCUT2D eigenvalue weighted by molar-refractivity contribution is 6.37. The number of carbonyl (C=O) groups is 1. The molecule has 2 fully saturated rings. The smallest absolute Gasteiger partial charge is 0.228 e. The predicted molar refractivity (Wildman–Crippen MR) is 86.6 cm³/mol. The van der Waals surface area contributed by atoms with E-state index < -0.39 is 0 Å². The number of halogens is 3. The summed E-state index contributed by atoms with van der Waals surface area (Å²) < 4.78 is 0. The molecule has 1 aromatic rings. The van der Waals surface area contributed by atoms with Crippen LogP contribution in [0.1, 0.15) is 19.3 Å². The zero-order valence-electron chi connectivity index (χ0n) is 11.3. The topological polar surface area (TPSA) is 61.4 Å². The van der Waals surface area contributed by atoms with Gasteiger partial charge >= 0.3 is 0 Å². The van der Waals surface area contributed by atoms with E-state index in [-0.39, 0.29) is 45.4 Å². The highest BCUT2D eigenvalue weighted by Gasteiger charge is 2.57. The van der Waals surface area contributed by atoms with Crippen LogP contribution in [0, 0.1) is 11.3 Å². The van der Waals surface area contributed by atoms with E-state index in [1.54, 1.807) is 0 Å². The quantitative estimate of drug-likeness (QED) is 0.715. The first-order valence-corrected chi connectivity index (χ1v) is 7.47. The molecule has 1 amide bonds. The van der Waals surface area contributed by atoms with E-state index in [1.807, 2.05) is 0 Å². The maximum absolute atomic E-state index is 12.3. The molecular weight excluding hydrogens is 335 g/mol. The number of aromatic hydroxyl groups is 1. The van der Waals surface area contributed by atoms with Gasteiger partial charge in [-0.05, 0) is 49.9 Å². The molecule has 1 aliphatic heterocycles. The standard InChI is InChI=1S/C14H16Cl2N2O2.ClH/c15-10-5-8(6-11(16)12(10)19)18-13(20)9-7-14(9)1-3-17-4-2-14;/h5-6,9,17,19H,1-4,7H2,(H,18,20);1H. The number of hydrogen-bond acceptors (Lipinski definition) is 3. The first kappa shape index (κ1) is 16.7. The lowest BCUT2D eigenvalue weighted by Crippen LogP contribution is -2.31. The van der Waals surface area contributed by atoms with Gasteiger partial charge in [0.1, 0.15) is 0 Å². The Labute approximate surface area is 139 Å². The van der Waals surface area contributed by atoms with Gasteiger partial charge in [-0.25, -0.2) is 0 Å². The Morgan fingerprint density at radius 2 is 1.86 bits per heavy atom. The number of piperidine rings is 1. The van der Waals surface area contributed by atoms with Gasteiger partial charge in [-0.2, -0.15) is 0 Å². The van der Waals surface area contributed by atoms with Gasteiger partial charge in [0.25, 0.3) is 0 Å². The monoisotopic (exact) mass is 350 g/mol. The highest BCUT2D eigenvalue weighted by atomic mass is 35.5. The fourth-order valence-electron chi connectivity index (χ4n) is 3.06. The maximum atomic E-state index is 12.3. The summed E-state index contributed by atoms with van der Waals surface area (Å²) in [5.41, 5.74) is 0.721. The van der Waals surface area contributed by atoms with Crippen molar-refractivity contribution in [2.24, 2.45) is 11.3 Å². The number of carbonyl (C=O) groups excluding carboxylic acids is 1. The number of phenolic OH excluding ortho intramolecular Hbond substituents is 1. The molecule has 1 aromatic carbocycles. The molecule has 1 heterocycles. The molecule has 0 aromatic heterocycles. The maximum Gasteiger partial charge on any atom is 0.228 e. The Morgan fingerprint density at radius 3 is 2.43 bits per heavy atom. The molecule has 1 atom stereocenters. The van der Waals surface area contributed by atoms with Crippen LogP contribution in [0.2, 0.25) is 10.0 Å². The second kappa shape index (κ2) is 6.21. The minimum absolute atomic E-state index is 0. The van der Waals surface area contributed by atoms with E-state index in [9.17, 15) is 9.90 Å². The van der Waals surface area contributed by atoms with E-state index in [2.05, 4.69) is 10.6 Å². The Bertz CT molecular complexity index is 536. The van der Waals surface area contributed by atoms with E-state index in [1.165, 1.54) is 12.1 Å². The first-order valence-electron chi connectivity index (χ1n) is 6.71. The first-order chi connectivity index (χ1) is 9.52. The number of amides is 1. The van der Waals surface area contributed by atoms with Crippen molar-refractivity contribution in [2.75, 3.05) is 18.4 Å². The lowest BCUT2D eigenvalue weighted by Gasteiger charge is -2.23. The average Bonchev–Trinajstić information content (AvgIpc) is 3.10. The molecule has 1 aliphatic carbocycles. The van der Waals surface area contributed by atoms with Crippen LogP contribution in [0.3, 0.4) is 0 Å². The molecule has 0 radical (unpaired) electrons. The Hall–Kier alpha value is -0.680. The Balaban J connectivity index is 0.00000161. The minimum atomic E-state index is -0.160. The number of phenols is 1. The summed E-state index contributed by atoms with van der Waals surface area (Å²) in [7, 11) is 0. The van der Waals surface area contributed by atoms with Crippen LogP contribution in [-0.4, -0.2) is 24.1 Å². The van der Waals surface area contributed by atoms with Gasteiger partial charge in [-0.1, -0.05) is 23.2 Å². The normalized spacial score (nSPS) is 22.5. The van der Waals surface area contributed by atoms with Crippen molar-refractivity contribution in [1.29, 1.82) is 0 Å². The summed E-state index contributed by atoms with van der Waals surface area (Å²) in [5, 5.41) is 15.9. The molecule has 1 saturated carbocycles. The van der Waals surface area contributed by atoms with Crippen molar-refractivity contribution in [3.05, 3.63) is 22.2 Å². The third-order valence-electron chi connectivity index (χ3n) is 4.39. The van der Waals surface area contributed by atoms with E-state index in [4.69, 9.17) is 23.2 Å². The summed E-state index contributed by atoms with van der Waals surface area (Å²) in [6.07, 6.45) is 3.07. The van der Waals surface area contributed by atoms with Crippen molar-refractivity contribution < 1.29 is 9.90 Å². The van der Waals surface area contributed by atoms with Gasteiger partial charge in [0.15, 0.2) is 5.75 Å². The third kappa shape index (κ3) is 3.24. The number of hydrogen-bond donors (Lipinski definition) is 3. The Kier molecular flexibility index (Phi) is 4.93. The average molecular weight is 352 g/mol. The molecule has 2 aliphatic rings. The minimum Gasteiger partial charge on any atom is -0.505 e.